The monoisotopic (exact) mass is 1520 g/mol. The van der Waals surface area contributed by atoms with E-state index in [1.54, 1.807) is 32.5 Å². The highest BCUT2D eigenvalue weighted by Gasteiger charge is 2.34. The Hall–Kier alpha value is -6.02. The number of amides is 2. The quantitative estimate of drug-likeness (QED) is 0.0202. The number of furan rings is 6. The lowest BCUT2D eigenvalue weighted by molar-refractivity contribution is -0.123. The summed E-state index contributed by atoms with van der Waals surface area (Å²) in [6.45, 7) is 14.7. The largest absolute Gasteiger partial charge is 0.453 e. The fraction of sp³-hybridized carbons (Fsp3) is 0.535. The van der Waals surface area contributed by atoms with Gasteiger partial charge in [-0.25, -0.2) is 9.97 Å². The van der Waals surface area contributed by atoms with Gasteiger partial charge in [-0.05, 0) is 125 Å². The molecule has 0 bridgehead atoms. The zero-order valence-electron chi connectivity index (χ0n) is 62.7. The van der Waals surface area contributed by atoms with Crippen LogP contribution < -0.4 is 0 Å². The van der Waals surface area contributed by atoms with E-state index in [1.807, 2.05) is 36.4 Å². The highest BCUT2D eigenvalue weighted by Crippen LogP contribution is 2.46. The standard InChI is InChI=1S/C86H110N4O8S6/c1-7-13-19-25-29-35-41-59-51-63(55-75-83(91)89(85(99)103-75)49-39-33-23-17-11-5)93-77(59)67-45-47-69(95-67)79-61(43-37-31-27-21-15-9-3)53-71(97-79)81-87-65-57-74-66(58-73(65)101-81)88-82(102-74)72-54-62(44-38-32-28-22-16-10-4)80(98-72)70-48-46-68(96-70)78-60(42-36-30-26-20-14-8-2)52-64(94-78)56-76-84(92)90(86(100)104-76)50-40-34-24-18-12-6/h45-48,51-58H,7-44,49-50H2,1-6H3/b75-55-,76-56-. The molecule has 2 aliphatic rings. The van der Waals surface area contributed by atoms with Crippen molar-refractivity contribution in [2.45, 2.75) is 286 Å². The van der Waals surface area contributed by atoms with E-state index < -0.39 is 0 Å². The van der Waals surface area contributed by atoms with Crippen LogP contribution in [0.3, 0.4) is 0 Å². The minimum Gasteiger partial charge on any atom is -0.453 e. The molecule has 0 spiro atoms. The molecule has 18 heteroatoms. The summed E-state index contributed by atoms with van der Waals surface area (Å²) in [5.74, 6) is 7.92. The summed E-state index contributed by atoms with van der Waals surface area (Å²) >= 11 is 17.4. The van der Waals surface area contributed by atoms with Crippen LogP contribution >= 0.6 is 70.6 Å². The SMILES string of the molecule is CCCCCCCCc1cc(/C=C2\SC(=S)N(CCCCCCC)C2=O)oc1-c1ccc(-c2oc(-c3nc4cc5sc(-c6cc(CCCCCCCC)c(-c7ccc(-c8oc(/C=C9\SC(=S)N(CCCCCCC)C9=O)cc8CCCCCCCC)o7)o6)nc5cc4s3)cc2CCCCCCCC)o1. The highest BCUT2D eigenvalue weighted by atomic mass is 32.2. The molecule has 1 aromatic carbocycles. The van der Waals surface area contributed by atoms with Gasteiger partial charge in [0.25, 0.3) is 11.8 Å². The number of aryl methyl sites for hydroxylation is 4. The number of thiazole rings is 2. The van der Waals surface area contributed by atoms with Gasteiger partial charge in [0.2, 0.25) is 0 Å². The summed E-state index contributed by atoms with van der Waals surface area (Å²) in [6.07, 6.45) is 46.6. The number of carbonyl (C=O) groups excluding carboxylic acids is 2. The lowest BCUT2D eigenvalue weighted by atomic mass is 10.0. The average Bonchev–Trinajstić information content (AvgIpc) is 1.62. The Kier molecular flexibility index (Phi) is 31.0. The van der Waals surface area contributed by atoms with Crippen molar-refractivity contribution in [2.24, 2.45) is 0 Å². The summed E-state index contributed by atoms with van der Waals surface area (Å²) < 4.78 is 44.3. The third-order valence-electron chi connectivity index (χ3n) is 20.2. The number of thiocarbonyl (C=S) groups is 2. The summed E-state index contributed by atoms with van der Waals surface area (Å²) in [5, 5.41) is 1.60. The van der Waals surface area contributed by atoms with E-state index in [-0.39, 0.29) is 11.8 Å². The molecular weight excluding hydrogens is 1410 g/mol. The number of aromatic nitrogens is 2. The number of fused-ring (bicyclic) bond motifs is 2. The molecule has 558 valence electrons. The minimum atomic E-state index is -0.0465. The van der Waals surface area contributed by atoms with Crippen molar-refractivity contribution in [3.05, 3.63) is 104 Å². The molecule has 10 heterocycles. The Morgan fingerprint density at radius 2 is 0.635 bits per heavy atom. The Labute approximate surface area is 645 Å². The molecule has 0 saturated carbocycles. The van der Waals surface area contributed by atoms with Gasteiger partial charge in [0.15, 0.2) is 67.6 Å². The van der Waals surface area contributed by atoms with Gasteiger partial charge in [-0.15, -0.1) is 22.7 Å². The maximum atomic E-state index is 13.8. The Balaban J connectivity index is 0.854. The second-order valence-corrected chi connectivity index (χ2v) is 34.1. The first kappa shape index (κ1) is 79.0. The highest BCUT2D eigenvalue weighted by molar-refractivity contribution is 8.27. The first-order valence-corrected chi connectivity index (χ1v) is 44.0. The number of carbonyl (C=O) groups is 2. The number of benzene rings is 1. The molecule has 11 rings (SSSR count). The van der Waals surface area contributed by atoms with Crippen LogP contribution in [-0.2, 0) is 35.3 Å². The van der Waals surface area contributed by atoms with Gasteiger partial charge in [0, 0.05) is 47.5 Å². The van der Waals surface area contributed by atoms with Crippen LogP contribution in [0.5, 0.6) is 0 Å². The van der Waals surface area contributed by atoms with Crippen molar-refractivity contribution in [1.82, 2.24) is 19.8 Å². The molecular formula is C86H110N4O8S6. The van der Waals surface area contributed by atoms with Gasteiger partial charge in [-0.1, -0.05) is 269 Å². The van der Waals surface area contributed by atoms with Crippen LogP contribution in [0.4, 0.5) is 0 Å². The molecule has 0 unspecified atom stereocenters. The van der Waals surface area contributed by atoms with Crippen LogP contribution in [0.2, 0.25) is 0 Å². The van der Waals surface area contributed by atoms with E-state index in [0.717, 1.165) is 155 Å². The van der Waals surface area contributed by atoms with Crippen molar-refractivity contribution >= 4 is 124 Å². The lowest BCUT2D eigenvalue weighted by Gasteiger charge is -2.13. The van der Waals surface area contributed by atoms with Crippen LogP contribution in [-0.4, -0.2) is 53.3 Å². The van der Waals surface area contributed by atoms with E-state index in [2.05, 4.69) is 77.9 Å². The van der Waals surface area contributed by atoms with Gasteiger partial charge in [-0.3, -0.25) is 19.4 Å². The molecule has 0 N–H and O–H groups in total. The molecule has 0 radical (unpaired) electrons. The average molecular weight is 1520 g/mol. The van der Waals surface area contributed by atoms with Gasteiger partial charge < -0.3 is 26.5 Å². The van der Waals surface area contributed by atoms with Crippen LogP contribution in [0.25, 0.3) is 100 Å². The third kappa shape index (κ3) is 21.2. The van der Waals surface area contributed by atoms with Gasteiger partial charge in [-0.2, -0.15) is 0 Å². The molecule has 2 amide bonds. The number of rotatable bonds is 48. The Morgan fingerprint density at radius 1 is 0.346 bits per heavy atom. The molecule has 104 heavy (non-hydrogen) atoms. The van der Waals surface area contributed by atoms with E-state index in [9.17, 15) is 9.59 Å². The van der Waals surface area contributed by atoms with Crippen molar-refractivity contribution < 1.29 is 36.1 Å². The van der Waals surface area contributed by atoms with Gasteiger partial charge in [0.1, 0.15) is 20.2 Å². The predicted octanol–water partition coefficient (Wildman–Crippen LogP) is 28.4. The van der Waals surface area contributed by atoms with E-state index in [4.69, 9.17) is 60.9 Å². The topological polar surface area (TPSA) is 145 Å². The molecule has 0 aliphatic carbocycles. The van der Waals surface area contributed by atoms with E-state index >= 15 is 0 Å². The molecule has 0 atom stereocenters. The molecule has 2 saturated heterocycles. The van der Waals surface area contributed by atoms with Crippen molar-refractivity contribution in [1.29, 1.82) is 0 Å². The van der Waals surface area contributed by atoms with Gasteiger partial charge >= 0.3 is 0 Å². The maximum absolute atomic E-state index is 13.8. The zero-order chi connectivity index (χ0) is 72.6. The number of hydrogen-bond donors (Lipinski definition) is 0. The zero-order valence-corrected chi connectivity index (χ0v) is 67.6. The molecule has 8 aromatic heterocycles. The number of thioether (sulfide) groups is 2. The number of nitrogens with zero attached hydrogens (tertiary/aromatic N) is 4. The fourth-order valence-electron chi connectivity index (χ4n) is 14.2. The summed E-state index contributed by atoms with van der Waals surface area (Å²) in [6, 6.07) is 20.9. The first-order chi connectivity index (χ1) is 51.0. The third-order valence-corrected chi connectivity index (χ3v) is 25.0. The fourth-order valence-corrected chi connectivity index (χ4v) is 18.6. The van der Waals surface area contributed by atoms with Crippen molar-refractivity contribution in [3.8, 4) is 67.6 Å². The van der Waals surface area contributed by atoms with Gasteiger partial charge in [0.05, 0.1) is 30.2 Å². The Bertz CT molecular complexity index is 3990. The number of unbranched alkanes of at least 4 members (excludes halogenated alkanes) is 28. The summed E-state index contributed by atoms with van der Waals surface area (Å²) in [4.78, 5) is 42.8. The van der Waals surface area contributed by atoms with Crippen molar-refractivity contribution in [3.63, 3.8) is 0 Å². The molecule has 12 nitrogen and oxygen atoms in total. The van der Waals surface area contributed by atoms with Crippen LogP contribution in [0.1, 0.15) is 294 Å². The molecule has 9 aromatic rings. The van der Waals surface area contributed by atoms with Crippen LogP contribution in [0.15, 0.2) is 97.0 Å². The Morgan fingerprint density at radius 3 is 0.962 bits per heavy atom. The normalized spacial score (nSPS) is 14.4. The minimum absolute atomic E-state index is 0.0465. The number of hydrogen-bond acceptors (Lipinski definition) is 16. The first-order valence-electron chi connectivity index (χ1n) is 39.9. The lowest BCUT2D eigenvalue weighted by Crippen LogP contribution is -2.28. The second kappa shape index (κ2) is 40.8. The predicted molar refractivity (Wildman–Crippen MR) is 445 cm³/mol. The molecule has 2 fully saturated rings. The van der Waals surface area contributed by atoms with Crippen molar-refractivity contribution in [2.75, 3.05) is 13.1 Å². The maximum Gasteiger partial charge on any atom is 0.266 e. The van der Waals surface area contributed by atoms with E-state index in [1.165, 1.54) is 165 Å². The van der Waals surface area contributed by atoms with Crippen LogP contribution in [0, 0.1) is 0 Å². The van der Waals surface area contributed by atoms with E-state index in [0.29, 0.717) is 101 Å². The molecule has 2 aliphatic heterocycles. The summed E-state index contributed by atoms with van der Waals surface area (Å²) in [5.41, 5.74) is 6.08. The smallest absolute Gasteiger partial charge is 0.266 e. The second-order valence-electron chi connectivity index (χ2n) is 28.7. The summed E-state index contributed by atoms with van der Waals surface area (Å²) in [7, 11) is 0.